The van der Waals surface area contributed by atoms with Gasteiger partial charge < -0.3 is 5.32 Å². The summed E-state index contributed by atoms with van der Waals surface area (Å²) < 4.78 is 1.68. The monoisotopic (exact) mass is 367 g/mol. The summed E-state index contributed by atoms with van der Waals surface area (Å²) in [6.07, 6.45) is 1.98. The lowest BCUT2D eigenvalue weighted by atomic mass is 10.1. The molecule has 1 aromatic heterocycles. The van der Waals surface area contributed by atoms with Crippen LogP contribution in [0.1, 0.15) is 35.8 Å². The predicted molar refractivity (Wildman–Crippen MR) is 106 cm³/mol. The second-order valence-corrected chi connectivity index (χ2v) is 6.66. The number of unbranched alkanes of at least 4 members (excludes halogenated alkanes) is 1. The summed E-state index contributed by atoms with van der Waals surface area (Å²) in [4.78, 5) is 12.7. The number of halogens is 1. The van der Waals surface area contributed by atoms with Crippen molar-refractivity contribution in [2.75, 3.05) is 6.54 Å². The van der Waals surface area contributed by atoms with Gasteiger partial charge in [-0.05, 0) is 37.6 Å². The average Bonchev–Trinajstić information content (AvgIpc) is 3.08. The number of carbonyl (C=O) groups is 1. The van der Waals surface area contributed by atoms with Crippen LogP contribution in [0.25, 0.3) is 16.9 Å². The molecule has 1 heterocycles. The Balaban J connectivity index is 2.04. The minimum atomic E-state index is -0.134. The molecule has 3 rings (SSSR count). The summed E-state index contributed by atoms with van der Waals surface area (Å²) in [7, 11) is 0. The Hall–Kier alpha value is -2.59. The Morgan fingerprint density at radius 2 is 1.88 bits per heavy atom. The van der Waals surface area contributed by atoms with Crippen LogP contribution in [0.4, 0.5) is 0 Å². The normalized spacial score (nSPS) is 10.7. The van der Waals surface area contributed by atoms with Gasteiger partial charge >= 0.3 is 0 Å². The maximum absolute atomic E-state index is 12.7. The summed E-state index contributed by atoms with van der Waals surface area (Å²) in [5, 5.41) is 8.24. The third-order valence-electron chi connectivity index (χ3n) is 4.19. The van der Waals surface area contributed by atoms with E-state index < -0.39 is 0 Å². The smallest absolute Gasteiger partial charge is 0.270 e. The number of aryl methyl sites for hydroxylation is 1. The number of amides is 1. The average molecular weight is 368 g/mol. The lowest BCUT2D eigenvalue weighted by Crippen LogP contribution is -2.26. The summed E-state index contributed by atoms with van der Waals surface area (Å²) in [6, 6.07) is 17.2. The quantitative estimate of drug-likeness (QED) is 0.621. The van der Waals surface area contributed by atoms with E-state index in [9.17, 15) is 4.79 Å². The molecule has 5 heteroatoms. The molecule has 0 spiro atoms. The van der Waals surface area contributed by atoms with Crippen LogP contribution in [0.3, 0.4) is 0 Å². The van der Waals surface area contributed by atoms with Crippen molar-refractivity contribution in [2.45, 2.75) is 26.7 Å². The van der Waals surface area contributed by atoms with Crippen molar-refractivity contribution in [1.82, 2.24) is 15.1 Å². The van der Waals surface area contributed by atoms with E-state index in [-0.39, 0.29) is 5.91 Å². The van der Waals surface area contributed by atoms with Gasteiger partial charge in [-0.25, -0.2) is 4.68 Å². The van der Waals surface area contributed by atoms with Gasteiger partial charge in [0.05, 0.1) is 16.4 Å². The van der Waals surface area contributed by atoms with Crippen molar-refractivity contribution in [3.05, 3.63) is 70.9 Å². The van der Waals surface area contributed by atoms with Crippen molar-refractivity contribution in [1.29, 1.82) is 0 Å². The number of hydrogen-bond donors (Lipinski definition) is 1. The lowest BCUT2D eigenvalue weighted by Gasteiger charge is -2.08. The molecular formula is C21H22ClN3O. The predicted octanol–water partition coefficient (Wildman–Crippen LogP) is 5.03. The van der Waals surface area contributed by atoms with Crippen molar-refractivity contribution < 1.29 is 4.79 Å². The molecule has 0 saturated heterocycles. The number of carbonyl (C=O) groups excluding carboxylic acids is 1. The highest BCUT2D eigenvalue weighted by atomic mass is 35.5. The van der Waals surface area contributed by atoms with E-state index in [1.54, 1.807) is 10.7 Å². The third kappa shape index (κ3) is 3.97. The molecule has 2 aromatic carbocycles. The standard InChI is InChI=1S/C21H22ClN3O/c1-3-4-13-23-21(26)20-14-19(17-7-5-6-8-18(17)22)24-25(20)16-11-9-15(2)10-12-16/h5-12,14H,3-4,13H2,1-2H3,(H,23,26). The molecule has 0 radical (unpaired) electrons. The summed E-state index contributed by atoms with van der Waals surface area (Å²) >= 11 is 6.32. The van der Waals surface area contributed by atoms with Gasteiger partial charge in [0.1, 0.15) is 5.69 Å². The van der Waals surface area contributed by atoms with Crippen molar-refractivity contribution in [3.8, 4) is 16.9 Å². The number of nitrogens with one attached hydrogen (secondary N) is 1. The van der Waals surface area contributed by atoms with Gasteiger partial charge in [0.25, 0.3) is 5.91 Å². The second-order valence-electron chi connectivity index (χ2n) is 6.25. The van der Waals surface area contributed by atoms with Crippen molar-refractivity contribution >= 4 is 17.5 Å². The first-order chi connectivity index (χ1) is 12.6. The lowest BCUT2D eigenvalue weighted by molar-refractivity contribution is 0.0945. The van der Waals surface area contributed by atoms with Gasteiger partial charge in [0.15, 0.2) is 0 Å². The van der Waals surface area contributed by atoms with Crippen LogP contribution in [-0.4, -0.2) is 22.2 Å². The Kier molecular flexibility index (Phi) is 5.74. The van der Waals surface area contributed by atoms with E-state index in [0.29, 0.717) is 23.0 Å². The fraction of sp³-hybridized carbons (Fsp3) is 0.238. The van der Waals surface area contributed by atoms with E-state index in [1.807, 2.05) is 55.5 Å². The van der Waals surface area contributed by atoms with E-state index in [0.717, 1.165) is 29.7 Å². The van der Waals surface area contributed by atoms with Crippen LogP contribution < -0.4 is 5.32 Å². The maximum atomic E-state index is 12.7. The molecule has 0 fully saturated rings. The number of nitrogens with zero attached hydrogens (tertiary/aromatic N) is 2. The van der Waals surface area contributed by atoms with E-state index in [2.05, 4.69) is 17.3 Å². The molecule has 26 heavy (non-hydrogen) atoms. The SMILES string of the molecule is CCCCNC(=O)c1cc(-c2ccccc2Cl)nn1-c1ccc(C)cc1. The second kappa shape index (κ2) is 8.19. The molecule has 1 N–H and O–H groups in total. The zero-order chi connectivity index (χ0) is 18.5. The molecule has 0 saturated carbocycles. The molecule has 3 aromatic rings. The van der Waals surface area contributed by atoms with Crippen LogP contribution in [-0.2, 0) is 0 Å². The Bertz CT molecular complexity index is 900. The highest BCUT2D eigenvalue weighted by Crippen LogP contribution is 2.28. The molecule has 4 nitrogen and oxygen atoms in total. The summed E-state index contributed by atoms with van der Waals surface area (Å²) in [5.74, 6) is -0.134. The Morgan fingerprint density at radius 3 is 2.58 bits per heavy atom. The molecular weight excluding hydrogens is 346 g/mol. The van der Waals surface area contributed by atoms with Crippen LogP contribution in [0, 0.1) is 6.92 Å². The fourth-order valence-corrected chi connectivity index (χ4v) is 2.93. The zero-order valence-electron chi connectivity index (χ0n) is 15.0. The molecule has 0 atom stereocenters. The number of hydrogen-bond acceptors (Lipinski definition) is 2. The molecule has 1 amide bonds. The first-order valence-electron chi connectivity index (χ1n) is 8.80. The van der Waals surface area contributed by atoms with Crippen LogP contribution >= 0.6 is 11.6 Å². The Labute approximate surface area is 158 Å². The van der Waals surface area contributed by atoms with Crippen molar-refractivity contribution in [3.63, 3.8) is 0 Å². The highest BCUT2D eigenvalue weighted by molar-refractivity contribution is 6.33. The number of benzene rings is 2. The highest BCUT2D eigenvalue weighted by Gasteiger charge is 2.18. The fourth-order valence-electron chi connectivity index (χ4n) is 2.70. The molecule has 0 aliphatic carbocycles. The van der Waals surface area contributed by atoms with Crippen molar-refractivity contribution in [2.24, 2.45) is 0 Å². The van der Waals surface area contributed by atoms with Gasteiger partial charge in [0, 0.05) is 12.1 Å². The van der Waals surface area contributed by atoms with Crippen LogP contribution in [0.5, 0.6) is 0 Å². The van der Waals surface area contributed by atoms with E-state index in [4.69, 9.17) is 11.6 Å². The number of rotatable bonds is 6. The van der Waals surface area contributed by atoms with Gasteiger partial charge in [-0.3, -0.25) is 4.79 Å². The Morgan fingerprint density at radius 1 is 1.15 bits per heavy atom. The summed E-state index contributed by atoms with van der Waals surface area (Å²) in [6.45, 7) is 4.77. The number of aromatic nitrogens is 2. The van der Waals surface area contributed by atoms with Gasteiger partial charge in [-0.15, -0.1) is 0 Å². The topological polar surface area (TPSA) is 46.9 Å². The van der Waals surface area contributed by atoms with Crippen LogP contribution in [0.2, 0.25) is 5.02 Å². The maximum Gasteiger partial charge on any atom is 0.270 e. The molecule has 0 aliphatic heterocycles. The minimum Gasteiger partial charge on any atom is -0.351 e. The van der Waals surface area contributed by atoms with Gasteiger partial charge in [-0.2, -0.15) is 5.10 Å². The van der Waals surface area contributed by atoms with Gasteiger partial charge in [0.2, 0.25) is 0 Å². The molecule has 0 bridgehead atoms. The van der Waals surface area contributed by atoms with Gasteiger partial charge in [-0.1, -0.05) is 60.8 Å². The third-order valence-corrected chi connectivity index (χ3v) is 4.52. The zero-order valence-corrected chi connectivity index (χ0v) is 15.8. The van der Waals surface area contributed by atoms with E-state index in [1.165, 1.54) is 0 Å². The summed E-state index contributed by atoms with van der Waals surface area (Å²) in [5.41, 5.74) is 3.98. The largest absolute Gasteiger partial charge is 0.351 e. The first kappa shape index (κ1) is 18.2. The van der Waals surface area contributed by atoms with E-state index >= 15 is 0 Å². The van der Waals surface area contributed by atoms with Crippen LogP contribution in [0.15, 0.2) is 54.6 Å². The molecule has 134 valence electrons. The molecule has 0 unspecified atom stereocenters. The first-order valence-corrected chi connectivity index (χ1v) is 9.18. The minimum absolute atomic E-state index is 0.134. The molecule has 0 aliphatic rings.